The molecule has 24 heavy (non-hydrogen) atoms. The Balaban J connectivity index is 1.67. The predicted molar refractivity (Wildman–Crippen MR) is 89.7 cm³/mol. The van der Waals surface area contributed by atoms with Crippen molar-refractivity contribution in [2.24, 2.45) is 0 Å². The molecule has 0 radical (unpaired) electrons. The number of halogens is 1. The van der Waals surface area contributed by atoms with E-state index >= 15 is 0 Å². The van der Waals surface area contributed by atoms with E-state index in [0.29, 0.717) is 5.69 Å². The van der Waals surface area contributed by atoms with Crippen LogP contribution in [0.2, 0.25) is 0 Å². The fourth-order valence-corrected chi connectivity index (χ4v) is 2.98. The lowest BCUT2D eigenvalue weighted by molar-refractivity contribution is 0.0528. The van der Waals surface area contributed by atoms with Crippen molar-refractivity contribution in [2.45, 2.75) is 12.5 Å². The molecule has 2 N–H and O–H groups in total. The zero-order valence-electron chi connectivity index (χ0n) is 12.9. The van der Waals surface area contributed by atoms with Crippen LogP contribution in [0.15, 0.2) is 53.4 Å². The SMILES string of the molecule is CC(O)(CNC(=O)c1ccn(-c2ccc(F)cc2)n1)c1ccsc1. The maximum Gasteiger partial charge on any atom is 0.271 e. The van der Waals surface area contributed by atoms with E-state index in [1.165, 1.54) is 28.2 Å². The van der Waals surface area contributed by atoms with Crippen LogP contribution in [0.25, 0.3) is 5.69 Å². The monoisotopic (exact) mass is 345 g/mol. The number of aromatic nitrogens is 2. The van der Waals surface area contributed by atoms with Crippen molar-refractivity contribution in [2.75, 3.05) is 6.54 Å². The summed E-state index contributed by atoms with van der Waals surface area (Å²) in [4.78, 5) is 12.2. The van der Waals surface area contributed by atoms with Crippen LogP contribution in [0.3, 0.4) is 0 Å². The number of thiophene rings is 1. The van der Waals surface area contributed by atoms with Crippen LogP contribution in [0, 0.1) is 5.82 Å². The van der Waals surface area contributed by atoms with Gasteiger partial charge in [0.15, 0.2) is 5.69 Å². The number of carbonyl (C=O) groups excluding carboxylic acids is 1. The summed E-state index contributed by atoms with van der Waals surface area (Å²) < 4.78 is 14.4. The maximum atomic E-state index is 12.9. The summed E-state index contributed by atoms with van der Waals surface area (Å²) in [6.45, 7) is 1.72. The Hall–Kier alpha value is -2.51. The van der Waals surface area contributed by atoms with Gasteiger partial charge in [0.05, 0.1) is 12.2 Å². The second-order valence-electron chi connectivity index (χ2n) is 5.59. The molecule has 1 aromatic carbocycles. The van der Waals surface area contributed by atoms with E-state index in [1.807, 2.05) is 16.8 Å². The molecule has 2 aromatic heterocycles. The highest BCUT2D eigenvalue weighted by Gasteiger charge is 2.24. The van der Waals surface area contributed by atoms with E-state index < -0.39 is 5.60 Å². The highest BCUT2D eigenvalue weighted by atomic mass is 32.1. The first-order chi connectivity index (χ1) is 11.5. The van der Waals surface area contributed by atoms with E-state index in [2.05, 4.69) is 10.4 Å². The second kappa shape index (κ2) is 6.54. The fourth-order valence-electron chi connectivity index (χ4n) is 2.20. The Bertz CT molecular complexity index is 826. The summed E-state index contributed by atoms with van der Waals surface area (Å²) in [6.07, 6.45) is 1.62. The molecule has 7 heteroatoms. The number of nitrogens with zero attached hydrogens (tertiary/aromatic N) is 2. The van der Waals surface area contributed by atoms with Crippen molar-refractivity contribution in [3.8, 4) is 5.69 Å². The molecule has 0 aliphatic rings. The molecule has 0 saturated carbocycles. The molecule has 124 valence electrons. The molecule has 2 heterocycles. The van der Waals surface area contributed by atoms with E-state index in [4.69, 9.17) is 0 Å². The first kappa shape index (κ1) is 16.4. The molecule has 0 aliphatic carbocycles. The smallest absolute Gasteiger partial charge is 0.271 e. The van der Waals surface area contributed by atoms with Gasteiger partial charge in [-0.2, -0.15) is 16.4 Å². The van der Waals surface area contributed by atoms with E-state index in [9.17, 15) is 14.3 Å². The zero-order chi connectivity index (χ0) is 17.2. The van der Waals surface area contributed by atoms with Crippen LogP contribution in [0.1, 0.15) is 23.0 Å². The molecule has 0 spiro atoms. The molecule has 0 saturated heterocycles. The lowest BCUT2D eigenvalue weighted by atomic mass is 9.99. The van der Waals surface area contributed by atoms with Gasteiger partial charge in [-0.1, -0.05) is 0 Å². The highest BCUT2D eigenvalue weighted by molar-refractivity contribution is 7.08. The first-order valence-electron chi connectivity index (χ1n) is 7.30. The number of hydrogen-bond acceptors (Lipinski definition) is 4. The van der Waals surface area contributed by atoms with Gasteiger partial charge in [-0.25, -0.2) is 9.07 Å². The molecule has 1 unspecified atom stereocenters. The molecule has 0 bridgehead atoms. The Morgan fingerprint density at radius 2 is 2.08 bits per heavy atom. The van der Waals surface area contributed by atoms with E-state index in [0.717, 1.165) is 5.56 Å². The van der Waals surface area contributed by atoms with Gasteiger partial charge in [0, 0.05) is 6.20 Å². The fraction of sp³-hybridized carbons (Fsp3) is 0.176. The van der Waals surface area contributed by atoms with E-state index in [-0.39, 0.29) is 24.0 Å². The maximum absolute atomic E-state index is 12.9. The molecular formula is C17H16FN3O2S. The third-order valence-electron chi connectivity index (χ3n) is 3.65. The van der Waals surface area contributed by atoms with Crippen molar-refractivity contribution >= 4 is 17.2 Å². The molecule has 3 rings (SSSR count). The number of nitrogens with one attached hydrogen (secondary N) is 1. The molecule has 0 fully saturated rings. The van der Waals surface area contributed by atoms with Crippen LogP contribution >= 0.6 is 11.3 Å². The summed E-state index contributed by atoms with van der Waals surface area (Å²) in [7, 11) is 0. The molecule has 1 atom stereocenters. The summed E-state index contributed by atoms with van der Waals surface area (Å²) in [5.41, 5.74) is 0.487. The topological polar surface area (TPSA) is 67.2 Å². The average molecular weight is 345 g/mol. The molecule has 0 aliphatic heterocycles. The molecule has 3 aromatic rings. The minimum atomic E-state index is -1.14. The summed E-state index contributed by atoms with van der Waals surface area (Å²) in [6, 6.07) is 9.19. The number of hydrogen-bond donors (Lipinski definition) is 2. The number of aliphatic hydroxyl groups is 1. The third kappa shape index (κ3) is 3.52. The predicted octanol–water partition coefficient (Wildman–Crippen LogP) is 2.71. The first-order valence-corrected chi connectivity index (χ1v) is 8.25. The van der Waals surface area contributed by atoms with Gasteiger partial charge in [-0.3, -0.25) is 4.79 Å². The van der Waals surface area contributed by atoms with Crippen molar-refractivity contribution in [3.05, 3.63) is 70.4 Å². The minimum Gasteiger partial charge on any atom is -0.384 e. The lowest BCUT2D eigenvalue weighted by Crippen LogP contribution is -2.38. The average Bonchev–Trinajstić information content (AvgIpc) is 3.25. The van der Waals surface area contributed by atoms with Crippen LogP contribution in [-0.4, -0.2) is 27.3 Å². The van der Waals surface area contributed by atoms with Gasteiger partial charge in [0.25, 0.3) is 5.91 Å². The Morgan fingerprint density at radius 3 is 2.75 bits per heavy atom. The van der Waals surface area contributed by atoms with E-state index in [1.54, 1.807) is 31.3 Å². The van der Waals surface area contributed by atoms with Gasteiger partial charge < -0.3 is 10.4 Å². The number of amides is 1. The van der Waals surface area contributed by atoms with Gasteiger partial charge >= 0.3 is 0 Å². The van der Waals surface area contributed by atoms with Crippen LogP contribution in [0.4, 0.5) is 4.39 Å². The van der Waals surface area contributed by atoms with Crippen LogP contribution < -0.4 is 5.32 Å². The number of rotatable bonds is 5. The Morgan fingerprint density at radius 1 is 1.33 bits per heavy atom. The quantitative estimate of drug-likeness (QED) is 0.747. The minimum absolute atomic E-state index is 0.0754. The molecular weight excluding hydrogens is 329 g/mol. The van der Waals surface area contributed by atoms with Crippen molar-refractivity contribution in [1.82, 2.24) is 15.1 Å². The summed E-state index contributed by atoms with van der Waals surface area (Å²) >= 11 is 1.48. The number of benzene rings is 1. The number of carbonyl (C=O) groups is 1. The lowest BCUT2D eigenvalue weighted by Gasteiger charge is -2.22. The standard InChI is InChI=1S/C17H16FN3O2S/c1-17(23,12-7-9-24-10-12)11-19-16(22)15-6-8-21(20-15)14-4-2-13(18)3-5-14/h2-10,23H,11H2,1H3,(H,19,22). The van der Waals surface area contributed by atoms with Crippen LogP contribution in [0.5, 0.6) is 0 Å². The van der Waals surface area contributed by atoms with Gasteiger partial charge in [-0.05, 0) is 59.6 Å². The van der Waals surface area contributed by atoms with Crippen molar-refractivity contribution < 1.29 is 14.3 Å². The van der Waals surface area contributed by atoms with Crippen molar-refractivity contribution in [3.63, 3.8) is 0 Å². The Labute approximate surface area is 142 Å². The largest absolute Gasteiger partial charge is 0.384 e. The van der Waals surface area contributed by atoms with Crippen LogP contribution in [-0.2, 0) is 5.60 Å². The summed E-state index contributed by atoms with van der Waals surface area (Å²) in [5, 5.41) is 21.0. The molecule has 5 nitrogen and oxygen atoms in total. The highest BCUT2D eigenvalue weighted by Crippen LogP contribution is 2.22. The van der Waals surface area contributed by atoms with Crippen molar-refractivity contribution in [1.29, 1.82) is 0 Å². The van der Waals surface area contributed by atoms with Gasteiger partial charge in [0.2, 0.25) is 0 Å². The molecule has 1 amide bonds. The zero-order valence-corrected chi connectivity index (χ0v) is 13.8. The summed E-state index contributed by atoms with van der Waals surface area (Å²) in [5.74, 6) is -0.717. The third-order valence-corrected chi connectivity index (χ3v) is 4.33. The normalized spacial score (nSPS) is 13.5. The second-order valence-corrected chi connectivity index (χ2v) is 6.37. The van der Waals surface area contributed by atoms with Gasteiger partial charge in [-0.15, -0.1) is 0 Å². The Kier molecular flexibility index (Phi) is 4.46. The van der Waals surface area contributed by atoms with Gasteiger partial charge in [0.1, 0.15) is 11.4 Å².